The number of fused-ring (bicyclic) bond motifs is 1. The molecule has 16 heavy (non-hydrogen) atoms. The first kappa shape index (κ1) is 11.3. The molecule has 0 aliphatic carbocycles. The Bertz CT molecular complexity index is 580. The maximum atomic E-state index is 13.6. The van der Waals surface area contributed by atoms with Crippen molar-refractivity contribution in [2.24, 2.45) is 0 Å². The molecule has 2 heterocycles. The molecule has 0 aromatic carbocycles. The Hall–Kier alpha value is -1.18. The average Bonchev–Trinajstić information content (AvgIpc) is 2.54. The predicted molar refractivity (Wildman–Crippen MR) is 63.9 cm³/mol. The molecule has 2 rings (SSSR count). The van der Waals surface area contributed by atoms with Gasteiger partial charge in [-0.1, -0.05) is 0 Å². The van der Waals surface area contributed by atoms with E-state index < -0.39 is 11.8 Å². The SMILES string of the molecule is COC(=O)c1c(C)nc2c(F)cc(I)cn12. The molecule has 0 aliphatic rings. The summed E-state index contributed by atoms with van der Waals surface area (Å²) in [4.78, 5) is 15.5. The van der Waals surface area contributed by atoms with Gasteiger partial charge in [0, 0.05) is 9.77 Å². The van der Waals surface area contributed by atoms with E-state index in [1.807, 2.05) is 22.6 Å². The van der Waals surface area contributed by atoms with Crippen LogP contribution in [0.25, 0.3) is 5.65 Å². The highest BCUT2D eigenvalue weighted by molar-refractivity contribution is 14.1. The van der Waals surface area contributed by atoms with Crippen LogP contribution in [-0.4, -0.2) is 22.5 Å². The second-order valence-electron chi connectivity index (χ2n) is 3.24. The Labute approximate surface area is 105 Å². The van der Waals surface area contributed by atoms with E-state index in [0.29, 0.717) is 9.26 Å². The molecular weight excluding hydrogens is 326 g/mol. The van der Waals surface area contributed by atoms with E-state index in [2.05, 4.69) is 9.72 Å². The molecule has 6 heteroatoms. The number of hydrogen-bond donors (Lipinski definition) is 0. The van der Waals surface area contributed by atoms with Gasteiger partial charge in [-0.25, -0.2) is 14.2 Å². The van der Waals surface area contributed by atoms with E-state index in [0.717, 1.165) is 0 Å². The van der Waals surface area contributed by atoms with Crippen molar-refractivity contribution in [1.82, 2.24) is 9.38 Å². The van der Waals surface area contributed by atoms with E-state index >= 15 is 0 Å². The molecule has 0 spiro atoms. The normalized spacial score (nSPS) is 10.8. The number of ether oxygens (including phenoxy) is 1. The molecule has 84 valence electrons. The van der Waals surface area contributed by atoms with Crippen LogP contribution in [0.5, 0.6) is 0 Å². The van der Waals surface area contributed by atoms with E-state index in [1.165, 1.54) is 17.6 Å². The topological polar surface area (TPSA) is 43.6 Å². The zero-order valence-electron chi connectivity index (χ0n) is 8.62. The lowest BCUT2D eigenvalue weighted by atomic mass is 10.3. The number of pyridine rings is 1. The van der Waals surface area contributed by atoms with Gasteiger partial charge in [0.15, 0.2) is 17.2 Å². The Morgan fingerprint density at radius 3 is 2.94 bits per heavy atom. The van der Waals surface area contributed by atoms with Crippen molar-refractivity contribution in [2.75, 3.05) is 7.11 Å². The quantitative estimate of drug-likeness (QED) is 0.593. The van der Waals surface area contributed by atoms with Crippen LogP contribution < -0.4 is 0 Å². The lowest BCUT2D eigenvalue weighted by molar-refractivity contribution is 0.0592. The minimum Gasteiger partial charge on any atom is -0.464 e. The Morgan fingerprint density at radius 2 is 2.31 bits per heavy atom. The van der Waals surface area contributed by atoms with Gasteiger partial charge in [-0.3, -0.25) is 4.40 Å². The first-order chi connectivity index (χ1) is 7.54. The van der Waals surface area contributed by atoms with Crippen LogP contribution in [0, 0.1) is 16.3 Å². The highest BCUT2D eigenvalue weighted by Crippen LogP contribution is 2.18. The zero-order chi connectivity index (χ0) is 11.9. The maximum Gasteiger partial charge on any atom is 0.356 e. The standard InChI is InChI=1S/C10H8FIN2O2/c1-5-8(10(15)16-2)14-4-6(12)3-7(11)9(14)13-5/h3-4H,1-2H3. The molecule has 2 aromatic rings. The van der Waals surface area contributed by atoms with Gasteiger partial charge in [0.2, 0.25) is 0 Å². The molecule has 0 atom stereocenters. The van der Waals surface area contributed by atoms with Gasteiger partial charge in [0.05, 0.1) is 12.8 Å². The summed E-state index contributed by atoms with van der Waals surface area (Å²) in [5, 5.41) is 0. The summed E-state index contributed by atoms with van der Waals surface area (Å²) in [6, 6.07) is 1.36. The maximum absolute atomic E-state index is 13.6. The van der Waals surface area contributed by atoms with E-state index in [-0.39, 0.29) is 11.3 Å². The van der Waals surface area contributed by atoms with Crippen LogP contribution in [-0.2, 0) is 4.74 Å². The lowest BCUT2D eigenvalue weighted by Crippen LogP contribution is -2.07. The number of carbonyl (C=O) groups is 1. The summed E-state index contributed by atoms with van der Waals surface area (Å²) < 4.78 is 20.3. The number of halogens is 2. The Morgan fingerprint density at radius 1 is 1.62 bits per heavy atom. The molecule has 0 N–H and O–H groups in total. The van der Waals surface area contributed by atoms with Crippen LogP contribution in [0.4, 0.5) is 4.39 Å². The number of aromatic nitrogens is 2. The van der Waals surface area contributed by atoms with Crippen LogP contribution >= 0.6 is 22.6 Å². The number of methoxy groups -OCH3 is 1. The van der Waals surface area contributed by atoms with Crippen molar-refractivity contribution < 1.29 is 13.9 Å². The molecule has 0 bridgehead atoms. The van der Waals surface area contributed by atoms with Gasteiger partial charge < -0.3 is 4.74 Å². The van der Waals surface area contributed by atoms with Crippen molar-refractivity contribution in [1.29, 1.82) is 0 Å². The number of aryl methyl sites for hydroxylation is 1. The number of rotatable bonds is 1. The summed E-state index contributed by atoms with van der Waals surface area (Å²) >= 11 is 1.97. The summed E-state index contributed by atoms with van der Waals surface area (Å²) in [5.41, 5.74) is 0.848. The minimum atomic E-state index is -0.522. The van der Waals surface area contributed by atoms with Crippen molar-refractivity contribution in [3.05, 3.63) is 33.0 Å². The predicted octanol–water partition coefficient (Wildman–Crippen LogP) is 2.17. The molecule has 0 saturated heterocycles. The fourth-order valence-electron chi connectivity index (χ4n) is 1.53. The average molecular weight is 334 g/mol. The van der Waals surface area contributed by atoms with Crippen molar-refractivity contribution >= 4 is 34.2 Å². The lowest BCUT2D eigenvalue weighted by Gasteiger charge is -2.01. The van der Waals surface area contributed by atoms with Crippen LogP contribution in [0.1, 0.15) is 16.2 Å². The molecule has 0 amide bonds. The summed E-state index contributed by atoms with van der Waals surface area (Å²) in [6.07, 6.45) is 1.64. The van der Waals surface area contributed by atoms with E-state index in [4.69, 9.17) is 0 Å². The van der Waals surface area contributed by atoms with Crippen molar-refractivity contribution in [3.63, 3.8) is 0 Å². The molecular formula is C10H8FIN2O2. The summed E-state index contributed by atoms with van der Waals surface area (Å²) in [6.45, 7) is 1.64. The van der Waals surface area contributed by atoms with Gasteiger partial charge in [-0.2, -0.15) is 0 Å². The van der Waals surface area contributed by atoms with Gasteiger partial charge in [-0.15, -0.1) is 0 Å². The molecule has 0 fully saturated rings. The van der Waals surface area contributed by atoms with Gasteiger partial charge in [0.1, 0.15) is 0 Å². The fourth-order valence-corrected chi connectivity index (χ4v) is 2.08. The van der Waals surface area contributed by atoms with Crippen LogP contribution in [0.3, 0.4) is 0 Å². The van der Waals surface area contributed by atoms with Gasteiger partial charge >= 0.3 is 5.97 Å². The summed E-state index contributed by atoms with van der Waals surface area (Å²) in [5.74, 6) is -0.975. The first-order valence-electron chi connectivity index (χ1n) is 4.46. The number of hydrogen-bond acceptors (Lipinski definition) is 3. The molecule has 0 unspecified atom stereocenters. The molecule has 0 saturated carbocycles. The van der Waals surface area contributed by atoms with Crippen molar-refractivity contribution in [3.8, 4) is 0 Å². The van der Waals surface area contributed by atoms with Crippen LogP contribution in [0.15, 0.2) is 12.3 Å². The second-order valence-corrected chi connectivity index (χ2v) is 4.48. The second kappa shape index (κ2) is 4.00. The first-order valence-corrected chi connectivity index (χ1v) is 5.54. The number of nitrogens with zero attached hydrogens (tertiary/aromatic N) is 2. The van der Waals surface area contributed by atoms with E-state index in [1.54, 1.807) is 13.1 Å². The van der Waals surface area contributed by atoms with E-state index in [9.17, 15) is 9.18 Å². The third-order valence-electron chi connectivity index (χ3n) is 2.19. The monoisotopic (exact) mass is 334 g/mol. The Balaban J connectivity index is 2.83. The molecule has 0 aliphatic heterocycles. The third-order valence-corrected chi connectivity index (χ3v) is 2.78. The zero-order valence-corrected chi connectivity index (χ0v) is 10.8. The Kier molecular flexibility index (Phi) is 2.83. The molecule has 0 radical (unpaired) electrons. The van der Waals surface area contributed by atoms with Crippen LogP contribution in [0.2, 0.25) is 0 Å². The minimum absolute atomic E-state index is 0.137. The van der Waals surface area contributed by atoms with Crippen molar-refractivity contribution in [2.45, 2.75) is 6.92 Å². The largest absolute Gasteiger partial charge is 0.464 e. The van der Waals surface area contributed by atoms with Gasteiger partial charge in [0.25, 0.3) is 0 Å². The summed E-state index contributed by atoms with van der Waals surface area (Å²) in [7, 11) is 1.28. The van der Waals surface area contributed by atoms with Gasteiger partial charge in [-0.05, 0) is 35.6 Å². The molecule has 2 aromatic heterocycles. The molecule has 4 nitrogen and oxygen atoms in total. The highest BCUT2D eigenvalue weighted by atomic mass is 127. The number of imidazole rings is 1. The third kappa shape index (κ3) is 1.66. The number of esters is 1. The fraction of sp³-hybridized carbons (Fsp3) is 0.200. The smallest absolute Gasteiger partial charge is 0.356 e. The number of carbonyl (C=O) groups excluding carboxylic acids is 1. The highest BCUT2D eigenvalue weighted by Gasteiger charge is 2.19.